The van der Waals surface area contributed by atoms with Gasteiger partial charge in [0, 0.05) is 37.2 Å². The number of carboxylic acids is 1. The zero-order chi connectivity index (χ0) is 23.1. The minimum absolute atomic E-state index is 0.0394. The van der Waals surface area contributed by atoms with E-state index in [1.807, 2.05) is 24.3 Å². The van der Waals surface area contributed by atoms with Gasteiger partial charge in [-0.3, -0.25) is 14.5 Å². The number of carboxylic acid groups (broad SMARTS) is 1. The molecule has 33 heavy (non-hydrogen) atoms. The molecular formula is C23H17N5O5. The number of amides is 2. The van der Waals surface area contributed by atoms with Gasteiger partial charge in [0.15, 0.2) is 0 Å². The van der Waals surface area contributed by atoms with Crippen LogP contribution in [0.4, 0.5) is 5.82 Å². The summed E-state index contributed by atoms with van der Waals surface area (Å²) in [6, 6.07) is 11.5. The molecule has 4 aromatic rings. The van der Waals surface area contributed by atoms with E-state index in [1.54, 1.807) is 13.1 Å². The third-order valence-electron chi connectivity index (χ3n) is 5.40. The minimum Gasteiger partial charge on any atom is -0.478 e. The number of fused-ring (bicyclic) bond motifs is 2. The Hall–Kier alpha value is -4.60. The van der Waals surface area contributed by atoms with Gasteiger partial charge in [0.25, 0.3) is 11.8 Å². The fourth-order valence-corrected chi connectivity index (χ4v) is 3.78. The molecule has 10 nitrogen and oxygen atoms in total. The summed E-state index contributed by atoms with van der Waals surface area (Å²) in [4.78, 5) is 46.2. The van der Waals surface area contributed by atoms with Gasteiger partial charge < -0.3 is 14.9 Å². The van der Waals surface area contributed by atoms with Crippen LogP contribution < -0.4 is 5.32 Å². The maximum atomic E-state index is 12.7. The number of hydrogen-bond donors (Lipinski definition) is 2. The third kappa shape index (κ3) is 3.57. The molecule has 5 rings (SSSR count). The van der Waals surface area contributed by atoms with Crippen LogP contribution in [0.2, 0.25) is 0 Å². The fraction of sp³-hybridized carbons (Fsp3) is 0.130. The van der Waals surface area contributed by atoms with Gasteiger partial charge in [0.2, 0.25) is 11.7 Å². The lowest BCUT2D eigenvalue weighted by Crippen LogP contribution is -2.34. The van der Waals surface area contributed by atoms with E-state index in [0.29, 0.717) is 17.5 Å². The molecule has 0 atom stereocenters. The van der Waals surface area contributed by atoms with E-state index in [2.05, 4.69) is 20.4 Å². The number of aromatic nitrogens is 3. The van der Waals surface area contributed by atoms with Crippen molar-refractivity contribution in [3.63, 3.8) is 0 Å². The summed E-state index contributed by atoms with van der Waals surface area (Å²) in [5, 5.41) is 18.0. The summed E-state index contributed by atoms with van der Waals surface area (Å²) in [5.74, 6) is -0.605. The molecule has 1 aliphatic heterocycles. The average molecular weight is 443 g/mol. The molecule has 0 saturated carbocycles. The molecule has 0 bridgehead atoms. The van der Waals surface area contributed by atoms with E-state index >= 15 is 0 Å². The van der Waals surface area contributed by atoms with Crippen molar-refractivity contribution in [2.75, 3.05) is 18.4 Å². The highest BCUT2D eigenvalue weighted by atomic mass is 16.5. The van der Waals surface area contributed by atoms with E-state index in [-0.39, 0.29) is 29.8 Å². The first-order chi connectivity index (χ1) is 15.9. The molecule has 2 amide bonds. The second-order valence-corrected chi connectivity index (χ2v) is 7.49. The number of benzene rings is 2. The molecule has 0 radical (unpaired) electrons. The molecule has 2 N–H and O–H groups in total. The number of pyridine rings is 1. The Balaban J connectivity index is 1.34. The Morgan fingerprint density at radius 3 is 2.67 bits per heavy atom. The van der Waals surface area contributed by atoms with Gasteiger partial charge in [0.1, 0.15) is 5.82 Å². The third-order valence-corrected chi connectivity index (χ3v) is 5.40. The highest BCUT2D eigenvalue weighted by Crippen LogP contribution is 2.27. The molecule has 1 aliphatic rings. The molecule has 3 heterocycles. The summed E-state index contributed by atoms with van der Waals surface area (Å²) in [6.45, 7) is 2.07. The Kier molecular flexibility index (Phi) is 4.82. The molecule has 0 spiro atoms. The molecule has 0 fully saturated rings. The number of rotatable bonds is 6. The van der Waals surface area contributed by atoms with Crippen LogP contribution in [-0.4, -0.2) is 56.0 Å². The number of carbonyl (C=O) groups excluding carboxylic acids is 2. The van der Waals surface area contributed by atoms with Crippen LogP contribution in [-0.2, 0) is 0 Å². The second-order valence-electron chi connectivity index (χ2n) is 7.49. The quantitative estimate of drug-likeness (QED) is 0.431. The van der Waals surface area contributed by atoms with Crippen molar-refractivity contribution in [2.24, 2.45) is 0 Å². The van der Waals surface area contributed by atoms with Crippen molar-refractivity contribution in [3.8, 4) is 11.4 Å². The molecule has 0 unspecified atom stereocenters. The van der Waals surface area contributed by atoms with Crippen molar-refractivity contribution < 1.29 is 24.0 Å². The normalized spacial score (nSPS) is 12.9. The summed E-state index contributed by atoms with van der Waals surface area (Å²) in [5.41, 5.74) is 1.03. The van der Waals surface area contributed by atoms with Gasteiger partial charge in [-0.1, -0.05) is 17.3 Å². The van der Waals surface area contributed by atoms with E-state index < -0.39 is 17.8 Å². The molecule has 164 valence electrons. The Labute approximate surface area is 186 Å². The number of imide groups is 1. The minimum atomic E-state index is -1.16. The highest BCUT2D eigenvalue weighted by Gasteiger charge is 2.35. The lowest BCUT2D eigenvalue weighted by Gasteiger charge is -2.15. The highest BCUT2D eigenvalue weighted by molar-refractivity contribution is 6.22. The number of nitrogens with one attached hydrogen (secondary N) is 1. The standard InChI is InChI=1S/C23H17N5O5/c1-12-26-19(27-33-12)14-3-2-13-6-7-24-20(17(13)10-14)25-8-9-28-21(29)16-5-4-15(23(31)32)11-18(16)22(28)30/h2-7,10-11H,8-9H2,1H3,(H,24,25)(H,31,32). The number of carbonyl (C=O) groups is 3. The fourth-order valence-electron chi connectivity index (χ4n) is 3.78. The smallest absolute Gasteiger partial charge is 0.335 e. The van der Waals surface area contributed by atoms with Crippen molar-refractivity contribution >= 4 is 34.4 Å². The molecule has 10 heteroatoms. The number of hydrogen-bond acceptors (Lipinski definition) is 8. The van der Waals surface area contributed by atoms with Crippen LogP contribution in [0, 0.1) is 6.92 Å². The SMILES string of the molecule is Cc1nc(-c2ccc3ccnc(NCCN4C(=O)c5ccc(C(=O)O)cc5C4=O)c3c2)no1. The Bertz CT molecular complexity index is 1440. The lowest BCUT2D eigenvalue weighted by atomic mass is 10.1. The number of aryl methyl sites for hydroxylation is 1. The van der Waals surface area contributed by atoms with Crippen LogP contribution in [0.3, 0.4) is 0 Å². The van der Waals surface area contributed by atoms with Gasteiger partial charge >= 0.3 is 5.97 Å². The first-order valence-corrected chi connectivity index (χ1v) is 10.1. The number of nitrogens with zero attached hydrogens (tertiary/aromatic N) is 4. The van der Waals surface area contributed by atoms with Gasteiger partial charge in [-0.05, 0) is 35.7 Å². The maximum absolute atomic E-state index is 12.7. The van der Waals surface area contributed by atoms with Crippen molar-refractivity contribution in [1.82, 2.24) is 20.0 Å². The predicted octanol–water partition coefficient (Wildman–Crippen LogP) is 3.00. The maximum Gasteiger partial charge on any atom is 0.335 e. The van der Waals surface area contributed by atoms with E-state index in [1.165, 1.54) is 18.2 Å². The monoisotopic (exact) mass is 443 g/mol. The summed E-state index contributed by atoms with van der Waals surface area (Å²) in [7, 11) is 0. The molecule has 0 aliphatic carbocycles. The van der Waals surface area contributed by atoms with Crippen LogP contribution in [0.15, 0.2) is 53.2 Å². The van der Waals surface area contributed by atoms with E-state index in [0.717, 1.165) is 21.2 Å². The van der Waals surface area contributed by atoms with Crippen LogP contribution in [0.1, 0.15) is 37.0 Å². The van der Waals surface area contributed by atoms with Crippen LogP contribution >= 0.6 is 0 Å². The first-order valence-electron chi connectivity index (χ1n) is 10.1. The lowest BCUT2D eigenvalue weighted by molar-refractivity contribution is 0.0658. The number of aromatic carboxylic acids is 1. The molecule has 0 saturated heterocycles. The van der Waals surface area contributed by atoms with Gasteiger partial charge in [-0.15, -0.1) is 0 Å². The van der Waals surface area contributed by atoms with Crippen LogP contribution in [0.5, 0.6) is 0 Å². The van der Waals surface area contributed by atoms with Crippen LogP contribution in [0.25, 0.3) is 22.2 Å². The average Bonchev–Trinajstić information content (AvgIpc) is 3.35. The van der Waals surface area contributed by atoms with Crippen molar-refractivity contribution in [1.29, 1.82) is 0 Å². The summed E-state index contributed by atoms with van der Waals surface area (Å²) in [6.07, 6.45) is 1.66. The molecule has 2 aromatic carbocycles. The number of anilines is 1. The summed E-state index contributed by atoms with van der Waals surface area (Å²) >= 11 is 0. The zero-order valence-corrected chi connectivity index (χ0v) is 17.4. The largest absolute Gasteiger partial charge is 0.478 e. The van der Waals surface area contributed by atoms with Crippen molar-refractivity contribution in [2.45, 2.75) is 6.92 Å². The first kappa shape index (κ1) is 20.3. The van der Waals surface area contributed by atoms with E-state index in [9.17, 15) is 14.4 Å². The molecule has 2 aromatic heterocycles. The molecular weight excluding hydrogens is 426 g/mol. The van der Waals surface area contributed by atoms with Gasteiger partial charge in [-0.2, -0.15) is 4.98 Å². The zero-order valence-electron chi connectivity index (χ0n) is 17.4. The predicted molar refractivity (Wildman–Crippen MR) is 117 cm³/mol. The van der Waals surface area contributed by atoms with E-state index in [4.69, 9.17) is 9.63 Å². The second kappa shape index (κ2) is 7.83. The van der Waals surface area contributed by atoms with Gasteiger partial charge in [0.05, 0.1) is 16.7 Å². The Morgan fingerprint density at radius 1 is 1.09 bits per heavy atom. The summed E-state index contributed by atoms with van der Waals surface area (Å²) < 4.78 is 5.06. The van der Waals surface area contributed by atoms with Gasteiger partial charge in [-0.25, -0.2) is 9.78 Å². The van der Waals surface area contributed by atoms with Crippen molar-refractivity contribution in [3.05, 3.63) is 71.2 Å². The topological polar surface area (TPSA) is 139 Å². The Morgan fingerprint density at radius 2 is 1.91 bits per heavy atom.